The minimum atomic E-state index is -0.448. The van der Waals surface area contributed by atoms with Crippen LogP contribution < -0.4 is 31.1 Å². The van der Waals surface area contributed by atoms with Gasteiger partial charge < -0.3 is 14.7 Å². The Bertz CT molecular complexity index is 4360. The van der Waals surface area contributed by atoms with E-state index in [-0.39, 0.29) is 44.6 Å². The molecule has 3 aliphatic heterocycles. The maximum atomic E-state index is 2.85. The average Bonchev–Trinajstić information content (AvgIpc) is 1.30. The molecule has 444 valence electrons. The molecule has 15 rings (SSSR count). The Balaban J connectivity index is 1.13. The second-order valence-corrected chi connectivity index (χ2v) is 32.6. The number of hydrogen-bond acceptors (Lipinski definition) is 3. The molecule has 3 heterocycles. The lowest BCUT2D eigenvalue weighted by Crippen LogP contribution is -2.62. The fourth-order valence-corrected chi connectivity index (χ4v) is 17.5. The van der Waals surface area contributed by atoms with Crippen molar-refractivity contribution in [3.63, 3.8) is 0 Å². The number of anilines is 8. The second-order valence-electron chi connectivity index (χ2n) is 32.6. The van der Waals surface area contributed by atoms with Crippen molar-refractivity contribution in [2.75, 3.05) is 14.7 Å². The van der Waals surface area contributed by atoms with Crippen molar-refractivity contribution in [3.8, 4) is 22.3 Å². The van der Waals surface area contributed by atoms with Crippen molar-refractivity contribution in [1.29, 1.82) is 0 Å². The van der Waals surface area contributed by atoms with E-state index in [0.29, 0.717) is 0 Å². The number of fused-ring (bicyclic) bond motifs is 11. The molecule has 2 unspecified atom stereocenters. The Morgan fingerprint density at radius 2 is 0.898 bits per heavy atom. The summed E-state index contributed by atoms with van der Waals surface area (Å²) >= 11 is 0. The summed E-state index contributed by atoms with van der Waals surface area (Å²) in [4.78, 5) is 8.36. The summed E-state index contributed by atoms with van der Waals surface area (Å²) < 4.78 is 0. The largest absolute Gasteiger partial charge is 0.330 e. The van der Waals surface area contributed by atoms with Crippen LogP contribution in [0.3, 0.4) is 0 Å². The lowest BCUT2D eigenvalue weighted by molar-refractivity contribution is 0.245. The van der Waals surface area contributed by atoms with E-state index >= 15 is 0 Å². The predicted octanol–water partition coefficient (Wildman–Crippen LogP) is 20.7. The number of rotatable bonds is 5. The van der Waals surface area contributed by atoms with E-state index in [1.807, 2.05) is 0 Å². The zero-order chi connectivity index (χ0) is 61.6. The average molecular weight is 1150 g/mol. The van der Waals surface area contributed by atoms with Gasteiger partial charge in [0.05, 0.1) is 11.2 Å². The molecule has 3 nitrogen and oxygen atoms in total. The molecule has 3 aliphatic carbocycles. The molecular formula is C84H90BN3. The van der Waals surface area contributed by atoms with E-state index in [2.05, 4.69) is 307 Å². The van der Waals surface area contributed by atoms with E-state index in [1.54, 1.807) is 0 Å². The number of benzene rings is 9. The molecule has 0 bridgehead atoms. The highest BCUT2D eigenvalue weighted by molar-refractivity contribution is 7.00. The van der Waals surface area contributed by atoms with Crippen molar-refractivity contribution in [2.24, 2.45) is 0 Å². The predicted molar refractivity (Wildman–Crippen MR) is 377 cm³/mol. The zero-order valence-electron chi connectivity index (χ0n) is 55.5. The van der Waals surface area contributed by atoms with Crippen LogP contribution in [0, 0.1) is 0 Å². The van der Waals surface area contributed by atoms with Crippen molar-refractivity contribution in [1.82, 2.24) is 0 Å². The zero-order valence-corrected chi connectivity index (χ0v) is 55.5. The van der Waals surface area contributed by atoms with Gasteiger partial charge in [0, 0.05) is 50.8 Å². The molecule has 0 N–H and O–H groups in total. The van der Waals surface area contributed by atoms with Crippen LogP contribution in [-0.2, 0) is 49.9 Å². The normalized spacial score (nSPS) is 21.3. The molecule has 0 amide bonds. The van der Waals surface area contributed by atoms with Crippen LogP contribution >= 0.6 is 0 Å². The Morgan fingerprint density at radius 3 is 1.55 bits per heavy atom. The van der Waals surface area contributed by atoms with Crippen molar-refractivity contribution in [2.45, 2.75) is 193 Å². The standard InChI is InChI=1S/C84H90BN3/c1-77(2,3)57-32-37-70(61(46-57)54-27-21-18-22-28-54)87-72-45-56(53-25-19-17-20-26-53)31-36-68(72)85-69-51-65-66(82(13,14)44-43-81(65,11)12)52-73(69)86(59-34-35-63-64(48-59)80(9,10)42-41-79(63,7)8)74-49-60(50-75(87)76(74)85)88-71-38-33-58(78(4,5)6)47-67(71)83(15)40-39-55-29-23-24-30-62(55)84(83,88)16/h17-38,45-52H,39-44H2,1-16H3. The summed E-state index contributed by atoms with van der Waals surface area (Å²) in [5.41, 5.74) is 31.2. The summed E-state index contributed by atoms with van der Waals surface area (Å²) in [5.74, 6) is 0. The van der Waals surface area contributed by atoms with Crippen LogP contribution in [0.5, 0.6) is 0 Å². The van der Waals surface area contributed by atoms with E-state index in [1.165, 1.54) is 141 Å². The third-order valence-electron chi connectivity index (χ3n) is 23.3. The summed E-state index contributed by atoms with van der Waals surface area (Å²) in [6, 6.07) is 72.7. The molecule has 2 atom stereocenters. The van der Waals surface area contributed by atoms with Crippen LogP contribution in [0.25, 0.3) is 22.3 Å². The highest BCUT2D eigenvalue weighted by atomic mass is 15.3. The Labute approximate surface area is 527 Å². The van der Waals surface area contributed by atoms with Crippen LogP contribution in [0.15, 0.2) is 182 Å². The van der Waals surface area contributed by atoms with Crippen LogP contribution in [0.1, 0.15) is 193 Å². The van der Waals surface area contributed by atoms with Gasteiger partial charge in [0.2, 0.25) is 0 Å². The van der Waals surface area contributed by atoms with Gasteiger partial charge in [-0.2, -0.15) is 0 Å². The molecule has 0 aromatic heterocycles. The first-order chi connectivity index (χ1) is 41.6. The lowest BCUT2D eigenvalue weighted by Gasteiger charge is -2.52. The molecule has 9 aromatic carbocycles. The quantitative estimate of drug-likeness (QED) is 0.159. The van der Waals surface area contributed by atoms with E-state index in [9.17, 15) is 0 Å². The van der Waals surface area contributed by atoms with E-state index < -0.39 is 5.54 Å². The molecule has 9 aromatic rings. The molecule has 6 aliphatic rings. The van der Waals surface area contributed by atoms with Crippen molar-refractivity contribution in [3.05, 3.63) is 232 Å². The van der Waals surface area contributed by atoms with Gasteiger partial charge >= 0.3 is 0 Å². The summed E-state index contributed by atoms with van der Waals surface area (Å²) in [6.07, 6.45) is 6.71. The van der Waals surface area contributed by atoms with Gasteiger partial charge in [-0.05, 0) is 216 Å². The number of nitrogens with zero attached hydrogens (tertiary/aromatic N) is 3. The summed E-state index contributed by atoms with van der Waals surface area (Å²) in [6.45, 7) is 39.3. The smallest absolute Gasteiger partial charge is 0.252 e. The molecule has 0 fully saturated rings. The topological polar surface area (TPSA) is 9.72 Å². The molecule has 88 heavy (non-hydrogen) atoms. The van der Waals surface area contributed by atoms with Gasteiger partial charge in [0.15, 0.2) is 0 Å². The maximum absolute atomic E-state index is 2.85. The van der Waals surface area contributed by atoms with Crippen LogP contribution in [-0.4, -0.2) is 6.71 Å². The SMILES string of the molecule is CC(C)(C)c1ccc(N2c3cc(-c4ccccc4)ccc3B3c4cc5c(cc4N(c4ccc6c(c4)C(C)(C)CCC6(C)C)c4cc(N6c7ccc(C(C)(C)C)cc7C7(C)CCc8ccccc8C67C)cc2c43)C(C)(C)CCC5(C)C)c(-c2ccccc2)c1. The van der Waals surface area contributed by atoms with Crippen molar-refractivity contribution < 1.29 is 0 Å². The summed E-state index contributed by atoms with van der Waals surface area (Å²) in [7, 11) is 0. The monoisotopic (exact) mass is 1150 g/mol. The minimum absolute atomic E-state index is 0.00298. The molecule has 4 heteroatoms. The molecule has 0 saturated carbocycles. The lowest BCUT2D eigenvalue weighted by atomic mass is 9.33. The highest BCUT2D eigenvalue weighted by Crippen LogP contribution is 2.65. The minimum Gasteiger partial charge on any atom is -0.330 e. The maximum Gasteiger partial charge on any atom is 0.252 e. The first-order valence-corrected chi connectivity index (χ1v) is 33.2. The van der Waals surface area contributed by atoms with Crippen LogP contribution in [0.4, 0.5) is 45.5 Å². The fourth-order valence-electron chi connectivity index (χ4n) is 17.5. The Hall–Kier alpha value is -7.56. The van der Waals surface area contributed by atoms with Crippen molar-refractivity contribution >= 4 is 68.6 Å². The van der Waals surface area contributed by atoms with Gasteiger partial charge in [-0.15, -0.1) is 0 Å². The van der Waals surface area contributed by atoms with Gasteiger partial charge in [0.25, 0.3) is 6.71 Å². The van der Waals surface area contributed by atoms with Gasteiger partial charge in [-0.25, -0.2) is 0 Å². The van der Waals surface area contributed by atoms with E-state index in [4.69, 9.17) is 0 Å². The Morgan fingerprint density at radius 1 is 0.352 bits per heavy atom. The second kappa shape index (κ2) is 19.0. The number of hydrogen-bond donors (Lipinski definition) is 0. The van der Waals surface area contributed by atoms with E-state index in [0.717, 1.165) is 32.1 Å². The third kappa shape index (κ3) is 8.28. The van der Waals surface area contributed by atoms with Crippen LogP contribution in [0.2, 0.25) is 0 Å². The number of aryl methyl sites for hydroxylation is 1. The first-order valence-electron chi connectivity index (χ1n) is 33.2. The molecule has 0 saturated heterocycles. The summed E-state index contributed by atoms with van der Waals surface area (Å²) in [5, 5.41) is 0. The first kappa shape index (κ1) is 56.9. The molecule has 0 spiro atoms. The highest BCUT2D eigenvalue weighted by Gasteiger charge is 2.61. The molecular weight excluding hydrogens is 1060 g/mol. The van der Waals surface area contributed by atoms with Gasteiger partial charge in [0.1, 0.15) is 0 Å². The Kier molecular flexibility index (Phi) is 12.3. The van der Waals surface area contributed by atoms with Gasteiger partial charge in [-0.1, -0.05) is 231 Å². The van der Waals surface area contributed by atoms with Gasteiger partial charge in [-0.3, -0.25) is 0 Å². The third-order valence-corrected chi connectivity index (χ3v) is 23.3. The fraction of sp³-hybridized carbons (Fsp3) is 0.357. The molecule has 0 radical (unpaired) electrons.